The lowest BCUT2D eigenvalue weighted by atomic mass is 10.2. The van der Waals surface area contributed by atoms with Gasteiger partial charge in [0.05, 0.1) is 18.9 Å². The Morgan fingerprint density at radius 1 is 1.25 bits per heavy atom. The summed E-state index contributed by atoms with van der Waals surface area (Å²) < 4.78 is 11.4. The average Bonchev–Trinajstić information content (AvgIpc) is 2.34. The minimum absolute atomic E-state index is 0.0497. The maximum absolute atomic E-state index is 11.9. The van der Waals surface area contributed by atoms with Gasteiger partial charge in [-0.15, -0.1) is 0 Å². The molecule has 0 aromatic rings. The Kier molecular flexibility index (Phi) is 11.3. The highest BCUT2D eigenvalue weighted by Gasteiger charge is 2.28. The van der Waals surface area contributed by atoms with Gasteiger partial charge in [-0.25, -0.2) is 5.06 Å². The molecule has 2 N–H and O–H groups in total. The fourth-order valence-electron chi connectivity index (χ4n) is 1.64. The van der Waals surface area contributed by atoms with Crippen molar-refractivity contribution >= 4 is 13.3 Å². The van der Waals surface area contributed by atoms with Crippen LogP contribution in [0.3, 0.4) is 0 Å². The van der Waals surface area contributed by atoms with Crippen molar-refractivity contribution in [2.24, 2.45) is 5.92 Å². The van der Waals surface area contributed by atoms with E-state index in [4.69, 9.17) is 0 Å². The summed E-state index contributed by atoms with van der Waals surface area (Å²) in [5.41, 5.74) is 0. The molecule has 0 heterocycles. The van der Waals surface area contributed by atoms with E-state index in [0.29, 0.717) is 11.6 Å². The first-order valence-corrected chi connectivity index (χ1v) is 9.41. The fraction of sp³-hybridized carbons (Fsp3) is 0.923. The third-order valence-electron chi connectivity index (χ3n) is 2.55. The van der Waals surface area contributed by atoms with Crippen LogP contribution in [-0.4, -0.2) is 58.1 Å². The van der Waals surface area contributed by atoms with Gasteiger partial charge in [-0.05, 0) is 19.4 Å². The first-order chi connectivity index (χ1) is 9.08. The van der Waals surface area contributed by atoms with Crippen LogP contribution in [-0.2, 0) is 9.36 Å². The molecule has 0 aliphatic carbocycles. The van der Waals surface area contributed by atoms with Crippen LogP contribution in [0.1, 0.15) is 41.5 Å². The molecule has 0 saturated heterocycles. The van der Waals surface area contributed by atoms with E-state index in [1.807, 2.05) is 34.6 Å². The Labute approximate surface area is 123 Å². The molecule has 0 aromatic heterocycles. The molecule has 0 spiro atoms. The van der Waals surface area contributed by atoms with Crippen LogP contribution in [0.15, 0.2) is 0 Å². The quantitative estimate of drug-likeness (QED) is 0.429. The van der Waals surface area contributed by atoms with Crippen LogP contribution in [0.5, 0.6) is 0 Å². The lowest BCUT2D eigenvalue weighted by molar-refractivity contribution is -0.172. The highest BCUT2D eigenvalue weighted by Crippen LogP contribution is 2.36. The zero-order valence-electron chi connectivity index (χ0n) is 13.8. The molecule has 1 amide bonds. The first-order valence-electron chi connectivity index (χ1n) is 7.12. The lowest BCUT2D eigenvalue weighted by Gasteiger charge is -2.30. The molecule has 2 unspecified atom stereocenters. The van der Waals surface area contributed by atoms with E-state index < -0.39 is 19.3 Å². The maximum atomic E-state index is 11.9. The van der Waals surface area contributed by atoms with Crippen molar-refractivity contribution in [2.75, 3.05) is 26.0 Å². The van der Waals surface area contributed by atoms with Crippen molar-refractivity contribution < 1.29 is 19.5 Å². The van der Waals surface area contributed by atoms with Crippen molar-refractivity contribution in [1.29, 1.82) is 0 Å². The third kappa shape index (κ3) is 9.48. The van der Waals surface area contributed by atoms with Crippen molar-refractivity contribution in [3.8, 4) is 0 Å². The van der Waals surface area contributed by atoms with Crippen LogP contribution < -0.4 is 0 Å². The van der Waals surface area contributed by atoms with Crippen molar-refractivity contribution in [3.05, 3.63) is 0 Å². The van der Waals surface area contributed by atoms with Crippen LogP contribution >= 0.6 is 7.37 Å². The number of hydrogen-bond acceptors (Lipinski definition) is 4. The average molecular weight is 310 g/mol. The Bertz CT molecular complexity index is 317. The van der Waals surface area contributed by atoms with E-state index in [9.17, 15) is 19.5 Å². The van der Waals surface area contributed by atoms with Gasteiger partial charge in [0, 0.05) is 6.66 Å². The molecule has 0 saturated carbocycles. The minimum Gasteiger partial charge on any atom is -0.344 e. The largest absolute Gasteiger partial charge is 0.344 e. The third-order valence-corrected chi connectivity index (χ3v) is 3.44. The van der Waals surface area contributed by atoms with E-state index in [-0.39, 0.29) is 18.7 Å². The molecule has 0 rings (SSSR count). The monoisotopic (exact) mass is 310 g/mol. The SMILES string of the molecule is CC.CCN(CP(C)(=O)O)C(C)C(=O)N(O)CC(C)C. The zero-order valence-corrected chi connectivity index (χ0v) is 14.7. The van der Waals surface area contributed by atoms with Crippen molar-refractivity contribution in [2.45, 2.75) is 47.6 Å². The number of carbonyl (C=O) groups excluding carboxylic acids is 1. The lowest BCUT2D eigenvalue weighted by Crippen LogP contribution is -2.47. The normalized spacial score (nSPS) is 15.3. The number of hydroxylamine groups is 2. The molecular formula is C13H31N2O4P. The summed E-state index contributed by atoms with van der Waals surface area (Å²) in [5, 5.41) is 10.3. The molecule has 0 bridgehead atoms. The molecule has 0 radical (unpaired) electrons. The number of amides is 1. The van der Waals surface area contributed by atoms with Crippen LogP contribution in [0.25, 0.3) is 0 Å². The van der Waals surface area contributed by atoms with E-state index in [1.54, 1.807) is 11.8 Å². The highest BCUT2D eigenvalue weighted by molar-refractivity contribution is 7.57. The molecule has 122 valence electrons. The van der Waals surface area contributed by atoms with Crippen LogP contribution in [0, 0.1) is 5.92 Å². The first kappa shape index (κ1) is 21.9. The fourth-order valence-corrected chi connectivity index (χ4v) is 2.76. The second-order valence-corrected chi connectivity index (χ2v) is 7.47. The standard InChI is InChI=1S/C11H25N2O4P.C2H6/c1-6-12(8-18(5,16)17)10(4)11(14)13(15)7-9(2)3;1-2/h9-10,15H,6-8H2,1-5H3,(H,16,17);1-2H3. The number of likely N-dealkylation sites (N-methyl/N-ethyl adjacent to an activating group) is 1. The summed E-state index contributed by atoms with van der Waals surface area (Å²) in [6.07, 6.45) is -0.0497. The number of rotatable bonds is 7. The number of carbonyl (C=O) groups is 1. The molecule has 0 aromatic carbocycles. The number of nitrogens with zero attached hydrogens (tertiary/aromatic N) is 2. The van der Waals surface area contributed by atoms with E-state index in [0.717, 1.165) is 0 Å². The Morgan fingerprint density at radius 3 is 2.00 bits per heavy atom. The molecule has 2 atom stereocenters. The summed E-state index contributed by atoms with van der Waals surface area (Å²) in [6.45, 7) is 13.2. The zero-order chi connectivity index (χ0) is 16.5. The van der Waals surface area contributed by atoms with Gasteiger partial charge in [0.2, 0.25) is 7.37 Å². The molecule has 0 aliphatic heterocycles. The second kappa shape index (κ2) is 10.3. The summed E-state index contributed by atoms with van der Waals surface area (Å²) in [6, 6.07) is -0.612. The molecule has 7 heteroatoms. The molecule has 0 aliphatic rings. The predicted molar refractivity (Wildman–Crippen MR) is 82.1 cm³/mol. The summed E-state index contributed by atoms with van der Waals surface area (Å²) in [5.74, 6) is -0.282. The summed E-state index contributed by atoms with van der Waals surface area (Å²) in [4.78, 5) is 22.9. The van der Waals surface area contributed by atoms with Gasteiger partial charge < -0.3 is 4.89 Å². The highest BCUT2D eigenvalue weighted by atomic mass is 31.2. The molecular weight excluding hydrogens is 279 g/mol. The molecule has 0 fully saturated rings. The Balaban J connectivity index is 0. The van der Waals surface area contributed by atoms with Crippen molar-refractivity contribution in [3.63, 3.8) is 0 Å². The Morgan fingerprint density at radius 2 is 1.70 bits per heavy atom. The van der Waals surface area contributed by atoms with Gasteiger partial charge in [0.25, 0.3) is 5.91 Å². The van der Waals surface area contributed by atoms with E-state index in [1.165, 1.54) is 6.66 Å². The smallest absolute Gasteiger partial charge is 0.262 e. The van der Waals surface area contributed by atoms with Gasteiger partial charge in [-0.3, -0.25) is 19.5 Å². The molecule has 20 heavy (non-hydrogen) atoms. The second-order valence-electron chi connectivity index (χ2n) is 5.09. The number of hydrogen-bond donors (Lipinski definition) is 2. The molecule has 6 nitrogen and oxygen atoms in total. The summed E-state index contributed by atoms with van der Waals surface area (Å²) in [7, 11) is -3.22. The van der Waals surface area contributed by atoms with E-state index >= 15 is 0 Å². The van der Waals surface area contributed by atoms with Gasteiger partial charge in [-0.1, -0.05) is 34.6 Å². The van der Waals surface area contributed by atoms with E-state index in [2.05, 4.69) is 0 Å². The van der Waals surface area contributed by atoms with Crippen LogP contribution in [0.4, 0.5) is 0 Å². The minimum atomic E-state index is -3.22. The van der Waals surface area contributed by atoms with Gasteiger partial charge in [-0.2, -0.15) is 0 Å². The van der Waals surface area contributed by atoms with Crippen molar-refractivity contribution in [1.82, 2.24) is 9.96 Å². The predicted octanol–water partition coefficient (Wildman–Crippen LogP) is 2.45. The van der Waals surface area contributed by atoms with Gasteiger partial charge >= 0.3 is 0 Å². The van der Waals surface area contributed by atoms with Gasteiger partial charge in [0.1, 0.15) is 0 Å². The van der Waals surface area contributed by atoms with Gasteiger partial charge in [0.15, 0.2) is 0 Å². The topological polar surface area (TPSA) is 81.1 Å². The maximum Gasteiger partial charge on any atom is 0.262 e. The summed E-state index contributed by atoms with van der Waals surface area (Å²) >= 11 is 0. The van der Waals surface area contributed by atoms with Crippen LogP contribution in [0.2, 0.25) is 0 Å². The Hall–Kier alpha value is -0.420.